The second kappa shape index (κ2) is 6.21. The molecule has 0 aromatic carbocycles. The number of rotatable bonds is 3. The van der Waals surface area contributed by atoms with E-state index < -0.39 is 0 Å². The highest BCUT2D eigenvalue weighted by atomic mass is 15.1. The normalized spacial score (nSPS) is 10.5. The Bertz CT molecular complexity index is 879. The molecule has 4 heterocycles. The summed E-state index contributed by atoms with van der Waals surface area (Å²) in [5.74, 6) is 0.952. The fourth-order valence-corrected chi connectivity index (χ4v) is 2.19. The molecular formula is C16H10N8. The summed E-state index contributed by atoms with van der Waals surface area (Å²) in [4.78, 5) is 16.9. The number of aromatic nitrogens is 8. The first kappa shape index (κ1) is 13.9. The smallest absolute Gasteiger partial charge is 0.200 e. The first-order chi connectivity index (χ1) is 11.9. The zero-order valence-electron chi connectivity index (χ0n) is 12.4. The summed E-state index contributed by atoms with van der Waals surface area (Å²) >= 11 is 0. The van der Waals surface area contributed by atoms with Crippen LogP contribution in [-0.2, 0) is 0 Å². The molecule has 0 aliphatic carbocycles. The van der Waals surface area contributed by atoms with Gasteiger partial charge in [0, 0.05) is 24.8 Å². The van der Waals surface area contributed by atoms with Crippen LogP contribution in [0.5, 0.6) is 0 Å². The fraction of sp³-hybridized carbons (Fsp3) is 0. The van der Waals surface area contributed by atoms with Crippen LogP contribution in [0, 0.1) is 0 Å². The van der Waals surface area contributed by atoms with Crippen LogP contribution in [-0.4, -0.2) is 40.3 Å². The van der Waals surface area contributed by atoms with Gasteiger partial charge >= 0.3 is 0 Å². The van der Waals surface area contributed by atoms with E-state index in [0.29, 0.717) is 23.0 Å². The van der Waals surface area contributed by atoms with Crippen molar-refractivity contribution in [1.82, 2.24) is 40.3 Å². The summed E-state index contributed by atoms with van der Waals surface area (Å²) in [7, 11) is 0. The summed E-state index contributed by atoms with van der Waals surface area (Å²) in [5, 5.41) is 15.6. The van der Waals surface area contributed by atoms with Crippen molar-refractivity contribution in [2.75, 3.05) is 0 Å². The lowest BCUT2D eigenvalue weighted by atomic mass is 10.1. The van der Waals surface area contributed by atoms with Gasteiger partial charge in [-0.2, -0.15) is 10.2 Å². The topological polar surface area (TPSA) is 103 Å². The van der Waals surface area contributed by atoms with Gasteiger partial charge in [0.25, 0.3) is 0 Å². The molecule has 0 bridgehead atoms. The van der Waals surface area contributed by atoms with E-state index in [1.165, 1.54) is 12.4 Å². The van der Waals surface area contributed by atoms with E-state index in [4.69, 9.17) is 0 Å². The predicted octanol–water partition coefficient (Wildman–Crippen LogP) is 1.85. The minimum atomic E-state index is 0.476. The van der Waals surface area contributed by atoms with Gasteiger partial charge in [0.05, 0.1) is 12.4 Å². The Morgan fingerprint density at radius 1 is 0.500 bits per heavy atom. The summed E-state index contributed by atoms with van der Waals surface area (Å²) < 4.78 is 0. The van der Waals surface area contributed by atoms with Crippen LogP contribution in [0.3, 0.4) is 0 Å². The third kappa shape index (κ3) is 2.80. The monoisotopic (exact) mass is 314 g/mol. The highest BCUT2D eigenvalue weighted by Crippen LogP contribution is 2.24. The number of pyridine rings is 2. The predicted molar refractivity (Wildman–Crippen MR) is 85.1 cm³/mol. The summed E-state index contributed by atoms with van der Waals surface area (Å²) in [6, 6.07) is 7.62. The second-order valence-corrected chi connectivity index (χ2v) is 4.79. The molecule has 8 nitrogen and oxygen atoms in total. The van der Waals surface area contributed by atoms with Crippen LogP contribution >= 0.6 is 0 Å². The highest BCUT2D eigenvalue weighted by molar-refractivity contribution is 5.70. The Kier molecular flexibility index (Phi) is 3.61. The molecule has 0 saturated heterocycles. The van der Waals surface area contributed by atoms with Crippen molar-refractivity contribution >= 4 is 0 Å². The van der Waals surface area contributed by atoms with Gasteiger partial charge in [0.15, 0.2) is 11.6 Å². The lowest BCUT2D eigenvalue weighted by molar-refractivity contribution is 0.969. The molecule has 0 aliphatic rings. The van der Waals surface area contributed by atoms with Crippen molar-refractivity contribution in [3.8, 4) is 34.2 Å². The van der Waals surface area contributed by atoms with Gasteiger partial charge < -0.3 is 0 Å². The van der Waals surface area contributed by atoms with Crippen molar-refractivity contribution in [1.29, 1.82) is 0 Å². The molecule has 0 atom stereocenters. The van der Waals surface area contributed by atoms with Gasteiger partial charge in [-0.25, -0.2) is 9.97 Å². The van der Waals surface area contributed by atoms with E-state index in [1.807, 2.05) is 24.3 Å². The quantitative estimate of drug-likeness (QED) is 0.564. The summed E-state index contributed by atoms with van der Waals surface area (Å²) in [5.41, 5.74) is 3.22. The zero-order valence-corrected chi connectivity index (χ0v) is 12.4. The van der Waals surface area contributed by atoms with E-state index in [0.717, 1.165) is 11.1 Å². The van der Waals surface area contributed by atoms with Crippen LogP contribution in [0.25, 0.3) is 34.2 Å². The fourth-order valence-electron chi connectivity index (χ4n) is 2.19. The molecule has 4 rings (SSSR count). The summed E-state index contributed by atoms with van der Waals surface area (Å²) in [6.07, 6.45) is 9.64. The Labute approximate surface area is 136 Å². The molecule has 0 radical (unpaired) electrons. The van der Waals surface area contributed by atoms with E-state index in [2.05, 4.69) is 40.3 Å². The SMILES string of the molecule is c1cnc(-c2cc(-c3ccnc(-c4nccnn4)c3)ccn2)nn1. The van der Waals surface area contributed by atoms with Crippen LogP contribution in [0.1, 0.15) is 0 Å². The van der Waals surface area contributed by atoms with Gasteiger partial charge in [-0.15, -0.1) is 10.2 Å². The van der Waals surface area contributed by atoms with Gasteiger partial charge in [-0.3, -0.25) is 9.97 Å². The third-order valence-corrected chi connectivity index (χ3v) is 3.28. The molecule has 8 heteroatoms. The molecule has 0 amide bonds. The Morgan fingerprint density at radius 3 is 1.42 bits per heavy atom. The second-order valence-electron chi connectivity index (χ2n) is 4.79. The Hall–Kier alpha value is -3.68. The van der Waals surface area contributed by atoms with Crippen LogP contribution in [0.4, 0.5) is 0 Å². The lowest BCUT2D eigenvalue weighted by Crippen LogP contribution is -1.95. The molecule has 114 valence electrons. The van der Waals surface area contributed by atoms with E-state index >= 15 is 0 Å². The van der Waals surface area contributed by atoms with E-state index in [1.54, 1.807) is 24.8 Å². The largest absolute Gasteiger partial charge is 0.253 e. The Morgan fingerprint density at radius 2 is 1.00 bits per heavy atom. The van der Waals surface area contributed by atoms with Crippen molar-refractivity contribution < 1.29 is 0 Å². The molecule has 4 aromatic rings. The average molecular weight is 314 g/mol. The molecule has 24 heavy (non-hydrogen) atoms. The first-order valence-electron chi connectivity index (χ1n) is 7.11. The van der Waals surface area contributed by atoms with E-state index in [-0.39, 0.29) is 0 Å². The average Bonchev–Trinajstić information content (AvgIpc) is 2.70. The Balaban J connectivity index is 1.75. The molecular weight excluding hydrogens is 304 g/mol. The van der Waals surface area contributed by atoms with Crippen LogP contribution < -0.4 is 0 Å². The molecule has 0 saturated carbocycles. The molecule has 0 unspecified atom stereocenters. The summed E-state index contributed by atoms with van der Waals surface area (Å²) in [6.45, 7) is 0. The maximum absolute atomic E-state index is 4.30. The van der Waals surface area contributed by atoms with Gasteiger partial charge in [0.1, 0.15) is 11.4 Å². The van der Waals surface area contributed by atoms with Crippen molar-refractivity contribution in [3.63, 3.8) is 0 Å². The highest BCUT2D eigenvalue weighted by Gasteiger charge is 2.08. The third-order valence-electron chi connectivity index (χ3n) is 3.28. The van der Waals surface area contributed by atoms with Crippen molar-refractivity contribution in [2.45, 2.75) is 0 Å². The molecule has 0 aliphatic heterocycles. The standard InChI is InChI=1S/C16H10N8/c1-3-17-13(15-19-5-7-21-23-15)9-11(1)12-2-4-18-14(10-12)16-20-6-8-22-24-16/h1-10H. The van der Waals surface area contributed by atoms with Crippen molar-refractivity contribution in [2.24, 2.45) is 0 Å². The first-order valence-corrected chi connectivity index (χ1v) is 7.11. The molecule has 0 fully saturated rings. The maximum atomic E-state index is 4.30. The minimum absolute atomic E-state index is 0.476. The minimum Gasteiger partial charge on any atom is -0.253 e. The van der Waals surface area contributed by atoms with E-state index in [9.17, 15) is 0 Å². The zero-order chi connectivity index (χ0) is 16.2. The van der Waals surface area contributed by atoms with Crippen molar-refractivity contribution in [3.05, 3.63) is 61.4 Å². The molecule has 4 aromatic heterocycles. The maximum Gasteiger partial charge on any atom is 0.200 e. The van der Waals surface area contributed by atoms with Gasteiger partial charge in [-0.1, -0.05) is 0 Å². The van der Waals surface area contributed by atoms with Crippen LogP contribution in [0.15, 0.2) is 61.4 Å². The van der Waals surface area contributed by atoms with Gasteiger partial charge in [0.2, 0.25) is 0 Å². The number of nitrogens with zero attached hydrogens (tertiary/aromatic N) is 8. The molecule has 0 N–H and O–H groups in total. The number of hydrogen-bond acceptors (Lipinski definition) is 8. The number of hydrogen-bond donors (Lipinski definition) is 0. The van der Waals surface area contributed by atoms with Crippen LogP contribution in [0.2, 0.25) is 0 Å². The lowest BCUT2D eigenvalue weighted by Gasteiger charge is -2.05. The molecule has 0 spiro atoms. The van der Waals surface area contributed by atoms with Gasteiger partial charge in [-0.05, 0) is 35.4 Å².